The third-order valence-electron chi connectivity index (χ3n) is 11.7. The van der Waals surface area contributed by atoms with Gasteiger partial charge in [0.15, 0.2) is 11.3 Å². The molecule has 0 bridgehead atoms. The van der Waals surface area contributed by atoms with Crippen LogP contribution in [0.4, 0.5) is 33.6 Å². The number of hydrogen-bond donors (Lipinski definition) is 7. The minimum atomic E-state index is -4.91. The molecule has 0 amide bonds. The van der Waals surface area contributed by atoms with Gasteiger partial charge in [0.2, 0.25) is 11.0 Å². The summed E-state index contributed by atoms with van der Waals surface area (Å²) in [6.45, 7) is 3.60. The molecule has 35 heteroatoms. The average Bonchev–Trinajstić information content (AvgIpc) is 4.04. The number of nitrogens with zero attached hydrogens (tertiary/aromatic N) is 10. The smallest absolute Gasteiger partial charge is 0.296 e. The monoisotopic (exact) mass is 1230 g/mol. The van der Waals surface area contributed by atoms with Gasteiger partial charge in [-0.2, -0.15) is 52.5 Å². The lowest BCUT2D eigenvalue weighted by Gasteiger charge is -2.12. The molecule has 0 atom stereocenters. The summed E-state index contributed by atoms with van der Waals surface area (Å²) in [6.07, 6.45) is -0.233. The van der Waals surface area contributed by atoms with Gasteiger partial charge in [-0.15, -0.1) is 37.3 Å². The molecule has 0 saturated carbocycles. The fourth-order valence-corrected chi connectivity index (χ4v) is 12.9. The fourth-order valence-electron chi connectivity index (χ4n) is 7.95. The molecule has 5 aromatic carbocycles. The summed E-state index contributed by atoms with van der Waals surface area (Å²) in [5.74, 6) is -1.96. The minimum Gasteiger partial charge on any atom is -0.493 e. The van der Waals surface area contributed by atoms with Crippen LogP contribution in [0.2, 0.25) is 0 Å². The zero-order valence-corrected chi connectivity index (χ0v) is 46.9. The Kier molecular flexibility index (Phi) is 16.6. The normalized spacial score (nSPS) is 13.1. The summed E-state index contributed by atoms with van der Waals surface area (Å²) in [5.41, 5.74) is -0.255. The zero-order chi connectivity index (χ0) is 58.4. The molecule has 0 unspecified atom stereocenters. The molecule has 8 rings (SSSR count). The Hall–Kier alpha value is -7.05. The molecule has 0 aliphatic rings. The second-order valence-corrected chi connectivity index (χ2v) is 26.7. The summed E-state index contributed by atoms with van der Waals surface area (Å²) < 4.78 is 175. The van der Waals surface area contributed by atoms with Gasteiger partial charge in [0.05, 0.1) is 56.9 Å². The van der Waals surface area contributed by atoms with Crippen LogP contribution in [0.15, 0.2) is 111 Å². The first-order valence-corrected chi connectivity index (χ1v) is 31.9. The van der Waals surface area contributed by atoms with Crippen LogP contribution in [0.5, 0.6) is 11.6 Å². The molecule has 3 aromatic heterocycles. The summed E-state index contributed by atoms with van der Waals surface area (Å²) >= 11 is 1.89. The maximum absolute atomic E-state index is 12.5. The standard InChI is InChI=1S/C45H40N10O18S7/c1-22-14-32(51-53-38-24(3)29(20-46)43-47-39-36(79(67,68)69)9-7-26(21-56)41(39)55(43)44(38)57)34(73-10-4-12-76(58,59)60)18-30(22)49-52-33-15-23(2)31(19-35(33)74-11-5-13-77(61,62)63)50-54-45-48-40-37(80(70,71)72)16-25-6-8-27(78(64,65)66)17-28(25)42(40)75-45/h6-9,14-19,56-57H,4-5,10-13,21H2,1-3H3,(H,58,59,60)(H,61,62,63)(H,64,65,66)(H,67,68,69)(H,70,71,72). The van der Waals surface area contributed by atoms with Gasteiger partial charge in [-0.1, -0.05) is 23.5 Å². The predicted molar refractivity (Wildman–Crippen MR) is 289 cm³/mol. The highest BCUT2D eigenvalue weighted by Gasteiger charge is 2.27. The third kappa shape index (κ3) is 12.9. The highest BCUT2D eigenvalue weighted by molar-refractivity contribution is 7.99. The number of pyridine rings is 1. The molecule has 0 fully saturated rings. The van der Waals surface area contributed by atoms with Gasteiger partial charge >= 0.3 is 0 Å². The number of nitriles is 1. The lowest BCUT2D eigenvalue weighted by Crippen LogP contribution is -2.08. The number of thioether (sulfide) groups is 1. The zero-order valence-electron chi connectivity index (χ0n) is 41.2. The molecular weight excluding hydrogens is 1190 g/mol. The lowest BCUT2D eigenvalue weighted by molar-refractivity contribution is 0.283. The number of imidazole rings is 1. The van der Waals surface area contributed by atoms with Gasteiger partial charge in [-0.25, -0.2) is 9.97 Å². The van der Waals surface area contributed by atoms with Crippen molar-refractivity contribution < 1.29 is 79.8 Å². The summed E-state index contributed by atoms with van der Waals surface area (Å²) in [5, 5.41) is 58.3. The number of aliphatic hydroxyl groups is 1. The maximum Gasteiger partial charge on any atom is 0.296 e. The van der Waals surface area contributed by atoms with E-state index in [1.54, 1.807) is 19.9 Å². The van der Waals surface area contributed by atoms with Gasteiger partial charge in [0.25, 0.3) is 50.6 Å². The van der Waals surface area contributed by atoms with E-state index in [4.69, 9.17) is 4.74 Å². The largest absolute Gasteiger partial charge is 0.493 e. The first-order valence-electron chi connectivity index (χ1n) is 22.6. The van der Waals surface area contributed by atoms with Crippen LogP contribution >= 0.6 is 23.1 Å². The van der Waals surface area contributed by atoms with E-state index in [0.29, 0.717) is 16.0 Å². The van der Waals surface area contributed by atoms with E-state index < -0.39 is 89.3 Å². The van der Waals surface area contributed by atoms with Crippen molar-refractivity contribution in [1.29, 1.82) is 5.26 Å². The van der Waals surface area contributed by atoms with Crippen LogP contribution in [-0.2, 0) is 57.2 Å². The molecule has 0 aliphatic heterocycles. The quantitative estimate of drug-likeness (QED) is 0.0162. The van der Waals surface area contributed by atoms with Crippen molar-refractivity contribution in [2.75, 3.05) is 23.9 Å². The number of aryl methyl sites for hydroxylation is 2. The molecule has 80 heavy (non-hydrogen) atoms. The molecule has 0 radical (unpaired) electrons. The Morgan fingerprint density at radius 1 is 0.688 bits per heavy atom. The number of fused-ring (bicyclic) bond motifs is 6. The van der Waals surface area contributed by atoms with Crippen molar-refractivity contribution in [3.8, 4) is 17.7 Å². The van der Waals surface area contributed by atoms with Crippen LogP contribution in [0.25, 0.3) is 37.7 Å². The Bertz CT molecular complexity index is 4640. The Morgan fingerprint density at radius 2 is 1.31 bits per heavy atom. The Balaban J connectivity index is 1.19. The van der Waals surface area contributed by atoms with Crippen molar-refractivity contribution in [3.05, 3.63) is 88.5 Å². The number of hydrogen-bond acceptors (Lipinski definition) is 24. The van der Waals surface area contributed by atoms with E-state index in [2.05, 4.69) is 40.7 Å². The lowest BCUT2D eigenvalue weighted by atomic mass is 10.1. The van der Waals surface area contributed by atoms with Gasteiger partial charge in [0.1, 0.15) is 43.9 Å². The van der Waals surface area contributed by atoms with Crippen LogP contribution < -0.4 is 4.74 Å². The molecule has 0 spiro atoms. The van der Waals surface area contributed by atoms with E-state index in [1.807, 2.05) is 6.07 Å². The average molecular weight is 1230 g/mol. The highest BCUT2D eigenvalue weighted by atomic mass is 32.2. The number of aromatic hydroxyl groups is 1. The van der Waals surface area contributed by atoms with Crippen LogP contribution in [0, 0.1) is 32.1 Å². The summed E-state index contributed by atoms with van der Waals surface area (Å²) in [7, 11) is -23.2. The minimum absolute atomic E-state index is 0.0154. The van der Waals surface area contributed by atoms with Gasteiger partial charge in [-0.05, 0) is 98.3 Å². The molecule has 3 heterocycles. The van der Waals surface area contributed by atoms with E-state index in [1.165, 1.54) is 37.3 Å². The Morgan fingerprint density at radius 3 is 1.95 bits per heavy atom. The van der Waals surface area contributed by atoms with Crippen LogP contribution in [-0.4, -0.2) is 113 Å². The second-order valence-electron chi connectivity index (χ2n) is 17.3. The topological polar surface area (TPSA) is 450 Å². The van der Waals surface area contributed by atoms with E-state index in [0.717, 1.165) is 51.8 Å². The van der Waals surface area contributed by atoms with Crippen molar-refractivity contribution >= 4 is 145 Å². The summed E-state index contributed by atoms with van der Waals surface area (Å²) in [6, 6.07) is 14.4. The second kappa shape index (κ2) is 22.5. The van der Waals surface area contributed by atoms with Gasteiger partial charge in [0, 0.05) is 27.5 Å². The van der Waals surface area contributed by atoms with Crippen molar-refractivity contribution in [2.45, 2.75) is 59.8 Å². The van der Waals surface area contributed by atoms with Crippen molar-refractivity contribution in [2.24, 2.45) is 30.7 Å². The van der Waals surface area contributed by atoms with Gasteiger partial charge < -0.3 is 14.9 Å². The van der Waals surface area contributed by atoms with Crippen LogP contribution in [0.1, 0.15) is 40.7 Å². The predicted octanol–water partition coefficient (Wildman–Crippen LogP) is 9.26. The van der Waals surface area contributed by atoms with Crippen LogP contribution in [0.3, 0.4) is 0 Å². The van der Waals surface area contributed by atoms with Crippen molar-refractivity contribution in [3.63, 3.8) is 0 Å². The number of azo groups is 3. The molecular formula is C45H40N10O18S7. The number of aliphatic hydroxyl groups excluding tert-OH is 1. The molecule has 420 valence electrons. The maximum atomic E-state index is 12.5. The Labute approximate surface area is 462 Å². The van der Waals surface area contributed by atoms with E-state index >= 15 is 0 Å². The number of ether oxygens (including phenoxy) is 1. The number of benzene rings is 5. The molecule has 28 nitrogen and oxygen atoms in total. The van der Waals surface area contributed by atoms with E-state index in [9.17, 15) is 80.3 Å². The number of thiazole rings is 1. The first-order chi connectivity index (χ1) is 37.4. The number of aromatic nitrogens is 3. The molecule has 0 saturated heterocycles. The SMILES string of the molecule is Cc1cc(N=Nc2cc(OCCCS(=O)(=O)O)c(N=Nc3c(C)c(C#N)c4nc5c(S(=O)(=O)O)ccc(CO)c5n4c3O)cc2C)c(SCCCS(=O)(=O)O)cc1N=Nc1nc2c(S(=O)(=O)O)cc3ccc(S(=O)(=O)O)cc3c2s1. The van der Waals surface area contributed by atoms with E-state index in [-0.39, 0.29) is 119 Å². The van der Waals surface area contributed by atoms with Gasteiger partial charge in [-0.3, -0.25) is 27.2 Å². The molecule has 8 aromatic rings. The van der Waals surface area contributed by atoms with Crippen molar-refractivity contribution in [1.82, 2.24) is 14.4 Å². The first kappa shape index (κ1) is 59.1. The fraction of sp³-hybridized carbons (Fsp3) is 0.222. The summed E-state index contributed by atoms with van der Waals surface area (Å²) in [4.78, 5) is 7.06. The third-order valence-corrected chi connectivity index (χ3v) is 18.0. The molecule has 0 aliphatic carbocycles. The number of rotatable bonds is 20. The molecule has 7 N–H and O–H groups in total. The highest BCUT2D eigenvalue weighted by Crippen LogP contribution is 2.45.